The quantitative estimate of drug-likeness (QED) is 0.704. The van der Waals surface area contributed by atoms with Gasteiger partial charge >= 0.3 is 0 Å². The average molecular weight is 390 g/mol. The van der Waals surface area contributed by atoms with Crippen molar-refractivity contribution < 1.29 is 14.4 Å². The molecule has 2 aromatic rings. The topological polar surface area (TPSA) is 87.3 Å². The molecule has 1 aliphatic rings. The summed E-state index contributed by atoms with van der Waals surface area (Å²) in [5.41, 5.74) is 6.93. The molecule has 2 heterocycles. The number of hydrazine groups is 1. The van der Waals surface area contributed by atoms with Crippen LogP contribution in [0.3, 0.4) is 0 Å². The minimum absolute atomic E-state index is 0.0677. The number of aryl methyl sites for hydroxylation is 2. The summed E-state index contributed by atoms with van der Waals surface area (Å²) in [5, 5.41) is 2.80. The number of anilines is 1. The SMILES string of the molecule is CCc1sc(C(=O)NNC(=O)c2ccc3c(c2)NC(=O)CCS3)cc1C. The van der Waals surface area contributed by atoms with E-state index in [0.29, 0.717) is 28.3 Å². The van der Waals surface area contributed by atoms with Crippen molar-refractivity contribution >= 4 is 46.5 Å². The number of rotatable bonds is 3. The van der Waals surface area contributed by atoms with Crippen LogP contribution in [0.15, 0.2) is 29.2 Å². The lowest BCUT2D eigenvalue weighted by atomic mass is 10.2. The minimum Gasteiger partial charge on any atom is -0.325 e. The highest BCUT2D eigenvalue weighted by molar-refractivity contribution is 7.99. The van der Waals surface area contributed by atoms with Crippen LogP contribution in [0.2, 0.25) is 0 Å². The van der Waals surface area contributed by atoms with E-state index in [2.05, 4.69) is 16.2 Å². The number of carbonyl (C=O) groups is 3. The van der Waals surface area contributed by atoms with Crippen molar-refractivity contribution in [2.45, 2.75) is 31.6 Å². The summed E-state index contributed by atoms with van der Waals surface area (Å²) in [7, 11) is 0. The monoisotopic (exact) mass is 389 g/mol. The number of hydrogen-bond donors (Lipinski definition) is 3. The second kappa shape index (κ2) is 7.92. The Morgan fingerprint density at radius 2 is 1.96 bits per heavy atom. The highest BCUT2D eigenvalue weighted by Crippen LogP contribution is 2.31. The smallest absolute Gasteiger partial charge is 0.279 e. The summed E-state index contributed by atoms with van der Waals surface area (Å²) in [5.74, 6) is -0.138. The number of benzene rings is 1. The van der Waals surface area contributed by atoms with Gasteiger partial charge in [-0.25, -0.2) is 0 Å². The molecule has 1 aromatic carbocycles. The Hall–Kier alpha value is -2.32. The van der Waals surface area contributed by atoms with Gasteiger partial charge in [-0.05, 0) is 43.2 Å². The van der Waals surface area contributed by atoms with Gasteiger partial charge < -0.3 is 5.32 Å². The Morgan fingerprint density at radius 3 is 2.69 bits per heavy atom. The first kappa shape index (κ1) is 18.5. The fraction of sp³-hybridized carbons (Fsp3) is 0.278. The lowest BCUT2D eigenvalue weighted by Gasteiger charge is -2.10. The third kappa shape index (κ3) is 4.08. The summed E-state index contributed by atoms with van der Waals surface area (Å²) in [6.45, 7) is 4.00. The van der Waals surface area contributed by atoms with E-state index in [9.17, 15) is 14.4 Å². The molecule has 0 saturated carbocycles. The molecule has 26 heavy (non-hydrogen) atoms. The molecule has 0 saturated heterocycles. The van der Waals surface area contributed by atoms with Gasteiger partial charge in [0.1, 0.15) is 0 Å². The first-order valence-corrected chi connectivity index (χ1v) is 10.0. The summed E-state index contributed by atoms with van der Waals surface area (Å²) < 4.78 is 0. The number of thioether (sulfide) groups is 1. The molecule has 1 aromatic heterocycles. The van der Waals surface area contributed by atoms with E-state index in [1.807, 2.05) is 19.9 Å². The van der Waals surface area contributed by atoms with Crippen molar-refractivity contribution in [3.8, 4) is 0 Å². The maximum absolute atomic E-state index is 12.3. The van der Waals surface area contributed by atoms with Crippen LogP contribution in [0.5, 0.6) is 0 Å². The normalized spacial score (nSPS) is 13.4. The van der Waals surface area contributed by atoms with Crippen molar-refractivity contribution in [3.05, 3.63) is 45.1 Å². The maximum atomic E-state index is 12.3. The van der Waals surface area contributed by atoms with Crippen LogP contribution in [-0.4, -0.2) is 23.5 Å². The molecule has 0 fully saturated rings. The van der Waals surface area contributed by atoms with Crippen molar-refractivity contribution in [1.82, 2.24) is 10.9 Å². The second-order valence-corrected chi connectivity index (χ2v) is 8.11. The van der Waals surface area contributed by atoms with E-state index in [-0.39, 0.29) is 11.8 Å². The molecule has 0 bridgehead atoms. The molecule has 3 rings (SSSR count). The van der Waals surface area contributed by atoms with Crippen molar-refractivity contribution in [1.29, 1.82) is 0 Å². The van der Waals surface area contributed by atoms with Gasteiger partial charge in [0.15, 0.2) is 0 Å². The fourth-order valence-electron chi connectivity index (χ4n) is 2.59. The van der Waals surface area contributed by atoms with E-state index in [0.717, 1.165) is 21.8 Å². The van der Waals surface area contributed by atoms with Crippen LogP contribution in [-0.2, 0) is 11.2 Å². The van der Waals surface area contributed by atoms with Crippen LogP contribution in [0.1, 0.15) is 43.8 Å². The zero-order valence-corrected chi connectivity index (χ0v) is 16.1. The summed E-state index contributed by atoms with van der Waals surface area (Å²) in [6, 6.07) is 6.92. The molecular weight excluding hydrogens is 370 g/mol. The second-order valence-electron chi connectivity index (χ2n) is 5.84. The zero-order chi connectivity index (χ0) is 18.7. The summed E-state index contributed by atoms with van der Waals surface area (Å²) in [6.07, 6.45) is 1.31. The van der Waals surface area contributed by atoms with Crippen LogP contribution in [0, 0.1) is 6.92 Å². The highest BCUT2D eigenvalue weighted by atomic mass is 32.2. The van der Waals surface area contributed by atoms with Crippen LogP contribution in [0.4, 0.5) is 5.69 Å². The van der Waals surface area contributed by atoms with Crippen LogP contribution >= 0.6 is 23.1 Å². The van der Waals surface area contributed by atoms with E-state index in [1.165, 1.54) is 11.3 Å². The lowest BCUT2D eigenvalue weighted by molar-refractivity contribution is -0.115. The molecule has 3 N–H and O–H groups in total. The predicted octanol–water partition coefficient (Wildman–Crippen LogP) is 3.13. The number of amides is 3. The first-order valence-electron chi connectivity index (χ1n) is 8.24. The van der Waals surface area contributed by atoms with Crippen molar-refractivity contribution in [2.75, 3.05) is 11.1 Å². The van der Waals surface area contributed by atoms with Crippen molar-refractivity contribution in [3.63, 3.8) is 0 Å². The molecule has 8 heteroatoms. The van der Waals surface area contributed by atoms with Gasteiger partial charge in [0.05, 0.1) is 10.6 Å². The minimum atomic E-state index is -0.436. The van der Waals surface area contributed by atoms with Gasteiger partial charge in [-0.3, -0.25) is 25.2 Å². The highest BCUT2D eigenvalue weighted by Gasteiger charge is 2.17. The van der Waals surface area contributed by atoms with Gasteiger partial charge in [0.2, 0.25) is 5.91 Å². The molecule has 0 atom stereocenters. The van der Waals surface area contributed by atoms with Gasteiger partial charge in [0.25, 0.3) is 11.8 Å². The average Bonchev–Trinajstić information content (AvgIpc) is 2.90. The largest absolute Gasteiger partial charge is 0.325 e. The maximum Gasteiger partial charge on any atom is 0.279 e. The van der Waals surface area contributed by atoms with Gasteiger partial charge in [0, 0.05) is 27.5 Å². The Labute approximate surface area is 159 Å². The molecule has 136 valence electrons. The third-order valence-electron chi connectivity index (χ3n) is 3.96. The van der Waals surface area contributed by atoms with Crippen LogP contribution in [0.25, 0.3) is 0 Å². The Balaban J connectivity index is 1.66. The number of fused-ring (bicyclic) bond motifs is 1. The Morgan fingerprint density at radius 1 is 1.19 bits per heavy atom. The molecule has 0 unspecified atom stereocenters. The number of thiophene rings is 1. The van der Waals surface area contributed by atoms with Gasteiger partial charge in [-0.2, -0.15) is 0 Å². The number of nitrogens with one attached hydrogen (secondary N) is 3. The zero-order valence-electron chi connectivity index (χ0n) is 14.5. The van der Waals surface area contributed by atoms with Gasteiger partial charge in [-0.1, -0.05) is 6.92 Å². The lowest BCUT2D eigenvalue weighted by Crippen LogP contribution is -2.41. The first-order chi connectivity index (χ1) is 12.5. The van der Waals surface area contributed by atoms with Crippen LogP contribution < -0.4 is 16.2 Å². The molecule has 1 aliphatic heterocycles. The molecule has 0 spiro atoms. The molecule has 0 aliphatic carbocycles. The Kier molecular flexibility index (Phi) is 5.63. The third-order valence-corrected chi connectivity index (χ3v) is 6.41. The van der Waals surface area contributed by atoms with E-state index in [4.69, 9.17) is 0 Å². The standard InChI is InChI=1S/C18H19N3O3S2/c1-3-13-10(2)8-15(26-13)18(24)21-20-17(23)11-4-5-14-12(9-11)19-16(22)6-7-25-14/h4-5,8-9H,3,6-7H2,1-2H3,(H,19,22)(H,20,23)(H,21,24). The summed E-state index contributed by atoms with van der Waals surface area (Å²) >= 11 is 2.99. The summed E-state index contributed by atoms with van der Waals surface area (Å²) in [4.78, 5) is 38.8. The van der Waals surface area contributed by atoms with Gasteiger partial charge in [-0.15, -0.1) is 23.1 Å². The fourth-order valence-corrected chi connectivity index (χ4v) is 4.54. The van der Waals surface area contributed by atoms with E-state index < -0.39 is 5.91 Å². The number of carbonyl (C=O) groups excluding carboxylic acids is 3. The molecule has 6 nitrogen and oxygen atoms in total. The molecule has 0 radical (unpaired) electrons. The molecular formula is C18H19N3O3S2. The Bertz CT molecular complexity index is 877. The van der Waals surface area contributed by atoms with E-state index in [1.54, 1.807) is 30.0 Å². The predicted molar refractivity (Wildman–Crippen MR) is 104 cm³/mol. The molecule has 3 amide bonds. The number of hydrogen-bond acceptors (Lipinski definition) is 5. The van der Waals surface area contributed by atoms with E-state index >= 15 is 0 Å². The van der Waals surface area contributed by atoms with Crippen molar-refractivity contribution in [2.24, 2.45) is 0 Å².